The van der Waals surface area contributed by atoms with Crippen LogP contribution >= 0.6 is 12.2 Å². The van der Waals surface area contributed by atoms with Crippen molar-refractivity contribution in [3.05, 3.63) is 0 Å². The molecular weight excluding hydrogens is 276 g/mol. The van der Waals surface area contributed by atoms with E-state index in [4.69, 9.17) is 17.0 Å². The summed E-state index contributed by atoms with van der Waals surface area (Å²) in [5.41, 5.74) is 2.73. The summed E-state index contributed by atoms with van der Waals surface area (Å²) in [5.74, 6) is 0. The monoisotopic (exact) mass is 300 g/mol. The molecule has 0 atom stereocenters. The van der Waals surface area contributed by atoms with Gasteiger partial charge in [0.2, 0.25) is 0 Å². The van der Waals surface area contributed by atoms with Gasteiger partial charge in [-0.05, 0) is 45.8 Å². The number of piperazine rings is 1. The van der Waals surface area contributed by atoms with Crippen molar-refractivity contribution >= 4 is 23.4 Å². The first-order chi connectivity index (χ1) is 9.33. The molecule has 2 N–H and O–H groups in total. The number of carbonyl (C=O) groups is 1. The molecule has 1 amide bonds. The number of amides is 1. The number of hydrogen-bond donors (Lipinski definition) is 2. The van der Waals surface area contributed by atoms with E-state index in [0.717, 1.165) is 13.1 Å². The van der Waals surface area contributed by atoms with Gasteiger partial charge in [-0.15, -0.1) is 0 Å². The maximum Gasteiger partial charge on any atom is 0.410 e. The molecule has 1 saturated heterocycles. The van der Waals surface area contributed by atoms with Crippen LogP contribution in [0.3, 0.4) is 0 Å². The van der Waals surface area contributed by atoms with E-state index in [9.17, 15) is 4.79 Å². The molecule has 0 radical (unpaired) electrons. The predicted molar refractivity (Wildman–Crippen MR) is 81.3 cm³/mol. The highest BCUT2D eigenvalue weighted by atomic mass is 32.1. The lowest BCUT2D eigenvalue weighted by molar-refractivity contribution is 0.0121. The Bertz CT molecular complexity index is 371. The highest BCUT2D eigenvalue weighted by Gasteiger charge is 2.27. The van der Waals surface area contributed by atoms with Crippen LogP contribution in [0.5, 0.6) is 0 Å². The van der Waals surface area contributed by atoms with Gasteiger partial charge in [-0.25, -0.2) is 9.80 Å². The molecule has 20 heavy (non-hydrogen) atoms. The number of nitrogens with one attached hydrogen (secondary N) is 2. The number of carbonyl (C=O) groups excluding carboxylic acids is 1. The first-order valence-corrected chi connectivity index (χ1v) is 7.54. The minimum Gasteiger partial charge on any atom is -0.444 e. The molecule has 2 fully saturated rings. The predicted octanol–water partition coefficient (Wildman–Crippen LogP) is 1.08. The van der Waals surface area contributed by atoms with Crippen molar-refractivity contribution in [2.75, 3.05) is 26.2 Å². The smallest absolute Gasteiger partial charge is 0.410 e. The standard InChI is InChI=1S/C13H24N4O2S/c1-13(2,3)19-12(18)16-6-8-17(9-7-16)15-11(20)14-10-4-5-10/h10H,4-9H2,1-3H3,(H2,14,15,20). The first-order valence-electron chi connectivity index (χ1n) is 7.13. The fourth-order valence-corrected chi connectivity index (χ4v) is 2.21. The minimum atomic E-state index is -0.442. The zero-order chi connectivity index (χ0) is 14.8. The van der Waals surface area contributed by atoms with Crippen molar-refractivity contribution in [2.24, 2.45) is 0 Å². The van der Waals surface area contributed by atoms with Gasteiger partial charge in [0.05, 0.1) is 0 Å². The third kappa shape index (κ3) is 5.13. The van der Waals surface area contributed by atoms with E-state index in [2.05, 4.69) is 10.7 Å². The number of nitrogens with zero attached hydrogens (tertiary/aromatic N) is 2. The lowest BCUT2D eigenvalue weighted by atomic mass is 10.2. The molecule has 0 unspecified atom stereocenters. The highest BCUT2D eigenvalue weighted by molar-refractivity contribution is 7.80. The highest BCUT2D eigenvalue weighted by Crippen LogP contribution is 2.18. The van der Waals surface area contributed by atoms with Crippen LogP contribution in [0.2, 0.25) is 0 Å². The summed E-state index contributed by atoms with van der Waals surface area (Å²) in [5, 5.41) is 5.96. The van der Waals surface area contributed by atoms with Crippen molar-refractivity contribution in [1.29, 1.82) is 0 Å². The lowest BCUT2D eigenvalue weighted by Crippen LogP contribution is -2.57. The van der Waals surface area contributed by atoms with E-state index in [1.807, 2.05) is 25.8 Å². The van der Waals surface area contributed by atoms with Crippen molar-refractivity contribution in [3.8, 4) is 0 Å². The number of ether oxygens (including phenoxy) is 1. The van der Waals surface area contributed by atoms with Gasteiger partial charge in [0.15, 0.2) is 5.11 Å². The van der Waals surface area contributed by atoms with Gasteiger partial charge in [0.1, 0.15) is 5.60 Å². The molecule has 0 bridgehead atoms. The molecule has 7 heteroatoms. The van der Waals surface area contributed by atoms with Crippen LogP contribution in [-0.4, -0.2) is 58.9 Å². The molecule has 0 aromatic carbocycles. The number of rotatable bonds is 2. The van der Waals surface area contributed by atoms with Gasteiger partial charge in [0.25, 0.3) is 0 Å². The average molecular weight is 300 g/mol. The average Bonchev–Trinajstić information content (AvgIpc) is 3.11. The van der Waals surface area contributed by atoms with Gasteiger partial charge in [-0.1, -0.05) is 0 Å². The third-order valence-corrected chi connectivity index (χ3v) is 3.31. The Morgan fingerprint density at radius 3 is 2.30 bits per heavy atom. The van der Waals surface area contributed by atoms with Crippen LogP contribution in [0.1, 0.15) is 33.6 Å². The Kier molecular flexibility index (Phi) is 4.70. The number of hydrogen-bond acceptors (Lipinski definition) is 4. The van der Waals surface area contributed by atoms with Crippen molar-refractivity contribution in [3.63, 3.8) is 0 Å². The topological polar surface area (TPSA) is 56.8 Å². The van der Waals surface area contributed by atoms with Gasteiger partial charge in [-0.3, -0.25) is 5.43 Å². The SMILES string of the molecule is CC(C)(C)OC(=O)N1CCN(NC(=S)NC2CC2)CC1. The molecule has 0 aromatic heterocycles. The van der Waals surface area contributed by atoms with E-state index in [1.165, 1.54) is 12.8 Å². The Hall–Kier alpha value is -1.08. The molecule has 1 heterocycles. The molecular formula is C13H24N4O2S. The minimum absolute atomic E-state index is 0.240. The molecule has 2 rings (SSSR count). The van der Waals surface area contributed by atoms with Crippen molar-refractivity contribution in [1.82, 2.24) is 20.7 Å². The number of hydrazine groups is 1. The van der Waals surface area contributed by atoms with E-state index >= 15 is 0 Å². The van der Waals surface area contributed by atoms with Crippen molar-refractivity contribution in [2.45, 2.75) is 45.3 Å². The quantitative estimate of drug-likeness (QED) is 0.744. The van der Waals surface area contributed by atoms with Crippen molar-refractivity contribution < 1.29 is 9.53 Å². The van der Waals surface area contributed by atoms with Gasteiger partial charge < -0.3 is 15.0 Å². The van der Waals surface area contributed by atoms with Crippen LogP contribution in [0.15, 0.2) is 0 Å². The molecule has 0 spiro atoms. The molecule has 1 aliphatic carbocycles. The van der Waals surface area contributed by atoms with E-state index in [1.54, 1.807) is 4.90 Å². The maximum absolute atomic E-state index is 11.9. The molecule has 1 aliphatic heterocycles. The fraction of sp³-hybridized carbons (Fsp3) is 0.846. The van der Waals surface area contributed by atoms with Crippen LogP contribution in [-0.2, 0) is 4.74 Å². The van der Waals surface area contributed by atoms with E-state index < -0.39 is 5.60 Å². The summed E-state index contributed by atoms with van der Waals surface area (Å²) in [7, 11) is 0. The second kappa shape index (κ2) is 6.13. The maximum atomic E-state index is 11.9. The van der Waals surface area contributed by atoms with Crippen LogP contribution in [0, 0.1) is 0 Å². The summed E-state index contributed by atoms with van der Waals surface area (Å²) in [4.78, 5) is 13.7. The Labute approximate surface area is 125 Å². The Morgan fingerprint density at radius 2 is 1.80 bits per heavy atom. The summed E-state index contributed by atoms with van der Waals surface area (Å²) in [6.07, 6.45) is 2.17. The summed E-state index contributed by atoms with van der Waals surface area (Å²) in [6.45, 7) is 8.42. The Morgan fingerprint density at radius 1 is 1.20 bits per heavy atom. The molecule has 6 nitrogen and oxygen atoms in total. The Balaban J connectivity index is 1.68. The normalized spacial score (nSPS) is 20.4. The summed E-state index contributed by atoms with van der Waals surface area (Å²) in [6, 6.07) is 0.554. The molecule has 0 aromatic rings. The second-order valence-electron chi connectivity index (χ2n) is 6.31. The van der Waals surface area contributed by atoms with E-state index in [-0.39, 0.29) is 6.09 Å². The fourth-order valence-electron chi connectivity index (χ4n) is 1.92. The van der Waals surface area contributed by atoms with Crippen LogP contribution < -0.4 is 10.7 Å². The van der Waals surface area contributed by atoms with Crippen LogP contribution in [0.4, 0.5) is 4.79 Å². The molecule has 114 valence electrons. The van der Waals surface area contributed by atoms with Gasteiger partial charge in [0, 0.05) is 32.2 Å². The zero-order valence-corrected chi connectivity index (χ0v) is 13.3. The first kappa shape index (κ1) is 15.3. The second-order valence-corrected chi connectivity index (χ2v) is 6.72. The largest absolute Gasteiger partial charge is 0.444 e. The zero-order valence-electron chi connectivity index (χ0n) is 12.4. The van der Waals surface area contributed by atoms with Crippen LogP contribution in [0.25, 0.3) is 0 Å². The van der Waals surface area contributed by atoms with Gasteiger partial charge >= 0.3 is 6.09 Å². The number of thiocarbonyl (C=S) groups is 1. The lowest BCUT2D eigenvalue weighted by Gasteiger charge is -2.36. The van der Waals surface area contributed by atoms with E-state index in [0.29, 0.717) is 24.2 Å². The van der Waals surface area contributed by atoms with Gasteiger partial charge in [-0.2, -0.15) is 0 Å². The molecule has 2 aliphatic rings. The third-order valence-electron chi connectivity index (χ3n) is 3.10. The summed E-state index contributed by atoms with van der Waals surface area (Å²) >= 11 is 5.23. The summed E-state index contributed by atoms with van der Waals surface area (Å²) < 4.78 is 5.36. The molecule has 1 saturated carbocycles.